The van der Waals surface area contributed by atoms with Crippen molar-refractivity contribution < 1.29 is 17.9 Å². The summed E-state index contributed by atoms with van der Waals surface area (Å²) >= 11 is 5.68. The zero-order valence-corrected chi connectivity index (χ0v) is 12.2. The van der Waals surface area contributed by atoms with Crippen LogP contribution < -0.4 is 9.47 Å². The maximum Gasteiger partial charge on any atom is 0.231 e. The number of alkyl halides is 1. The molecule has 0 aliphatic carbocycles. The quantitative estimate of drug-likeness (QED) is 0.814. The van der Waals surface area contributed by atoms with Gasteiger partial charge in [-0.2, -0.15) is 0 Å². The average Bonchev–Trinajstić information content (AvgIpc) is 2.90. The first-order valence-electron chi connectivity index (χ1n) is 6.02. The molecule has 106 valence electrons. The molecule has 1 aromatic heterocycles. The van der Waals surface area contributed by atoms with Gasteiger partial charge >= 0.3 is 0 Å². The fourth-order valence-electron chi connectivity index (χ4n) is 2.04. The van der Waals surface area contributed by atoms with Crippen molar-refractivity contribution in [1.82, 2.24) is 4.98 Å². The second-order valence-electron chi connectivity index (χ2n) is 4.55. The monoisotopic (exact) mass is 313 g/mol. The number of benzene rings is 1. The van der Waals surface area contributed by atoms with Gasteiger partial charge in [0.25, 0.3) is 0 Å². The van der Waals surface area contributed by atoms with Crippen molar-refractivity contribution in [3.63, 3.8) is 0 Å². The number of nitrogens with zero attached hydrogens (tertiary/aromatic N) is 1. The normalized spacial score (nSPS) is 15.5. The van der Waals surface area contributed by atoms with E-state index in [1.54, 1.807) is 25.1 Å². The van der Waals surface area contributed by atoms with E-state index in [1.165, 1.54) is 6.20 Å². The second kappa shape index (κ2) is 4.79. The lowest BCUT2D eigenvalue weighted by atomic mass is 10.1. The van der Waals surface area contributed by atoms with Crippen molar-refractivity contribution in [3.8, 4) is 11.5 Å². The van der Waals surface area contributed by atoms with Crippen molar-refractivity contribution in [2.24, 2.45) is 0 Å². The summed E-state index contributed by atoms with van der Waals surface area (Å²) in [5.41, 5.74) is 0. The molecule has 3 rings (SSSR count). The van der Waals surface area contributed by atoms with Gasteiger partial charge < -0.3 is 9.47 Å². The van der Waals surface area contributed by atoms with Crippen LogP contribution in [0.5, 0.6) is 11.5 Å². The minimum absolute atomic E-state index is 0.0188. The minimum Gasteiger partial charge on any atom is -0.454 e. The molecule has 0 saturated heterocycles. The molecular weight excluding hydrogens is 302 g/mol. The predicted octanol–water partition coefficient (Wildman–Crippen LogP) is 2.36. The van der Waals surface area contributed by atoms with Crippen LogP contribution in [0.1, 0.15) is 6.92 Å². The Morgan fingerprint density at radius 2 is 2.05 bits per heavy atom. The van der Waals surface area contributed by atoms with Gasteiger partial charge in [0.1, 0.15) is 0 Å². The minimum atomic E-state index is -3.57. The zero-order valence-electron chi connectivity index (χ0n) is 10.7. The Kier molecular flexibility index (Phi) is 3.22. The number of halogens is 1. The Hall–Kier alpha value is -1.53. The van der Waals surface area contributed by atoms with Crippen LogP contribution in [0.15, 0.2) is 29.4 Å². The number of sulfone groups is 1. The van der Waals surface area contributed by atoms with Crippen LogP contribution in [-0.4, -0.2) is 31.3 Å². The molecule has 0 amide bonds. The van der Waals surface area contributed by atoms with Crippen LogP contribution in [0, 0.1) is 0 Å². The molecule has 0 fully saturated rings. The number of fused-ring (bicyclic) bond motifs is 2. The Balaban J connectivity index is 2.27. The maximum atomic E-state index is 12.5. The van der Waals surface area contributed by atoms with Crippen molar-refractivity contribution in [3.05, 3.63) is 24.4 Å². The standard InChI is InChI=1S/C13H12ClNO4S/c1-8(6-14)20(16,17)13-10-5-12-11(18-7-19-12)4-9(10)2-3-15-13/h2-5,8H,6-7H2,1H3. The van der Waals surface area contributed by atoms with Crippen molar-refractivity contribution in [2.75, 3.05) is 12.7 Å². The van der Waals surface area contributed by atoms with E-state index in [-0.39, 0.29) is 17.7 Å². The summed E-state index contributed by atoms with van der Waals surface area (Å²) in [4.78, 5) is 4.03. The van der Waals surface area contributed by atoms with Crippen molar-refractivity contribution in [1.29, 1.82) is 0 Å². The first-order chi connectivity index (χ1) is 9.54. The highest BCUT2D eigenvalue weighted by Gasteiger charge is 2.27. The molecule has 1 aliphatic heterocycles. The van der Waals surface area contributed by atoms with E-state index in [4.69, 9.17) is 21.1 Å². The fraction of sp³-hybridized carbons (Fsp3) is 0.308. The third-order valence-electron chi connectivity index (χ3n) is 3.24. The van der Waals surface area contributed by atoms with E-state index in [0.717, 1.165) is 5.39 Å². The number of aromatic nitrogens is 1. The lowest BCUT2D eigenvalue weighted by Crippen LogP contribution is -2.20. The average molecular weight is 314 g/mol. The fourth-order valence-corrected chi connectivity index (χ4v) is 3.77. The number of rotatable bonds is 3. The first-order valence-corrected chi connectivity index (χ1v) is 8.10. The van der Waals surface area contributed by atoms with E-state index in [1.807, 2.05) is 0 Å². The predicted molar refractivity (Wildman–Crippen MR) is 75.2 cm³/mol. The van der Waals surface area contributed by atoms with Gasteiger partial charge in [0.2, 0.25) is 6.79 Å². The van der Waals surface area contributed by atoms with Gasteiger partial charge in [-0.05, 0) is 30.5 Å². The van der Waals surface area contributed by atoms with Crippen molar-refractivity contribution >= 4 is 32.2 Å². The summed E-state index contributed by atoms with van der Waals surface area (Å²) in [5, 5.41) is 0.590. The van der Waals surface area contributed by atoms with Gasteiger partial charge in [0.05, 0.1) is 5.25 Å². The largest absolute Gasteiger partial charge is 0.454 e. The highest BCUT2D eigenvalue weighted by molar-refractivity contribution is 7.92. The van der Waals surface area contributed by atoms with E-state index in [2.05, 4.69) is 4.98 Å². The van der Waals surface area contributed by atoms with E-state index >= 15 is 0 Å². The maximum absolute atomic E-state index is 12.5. The van der Waals surface area contributed by atoms with Crippen LogP contribution >= 0.6 is 11.6 Å². The summed E-state index contributed by atoms with van der Waals surface area (Å²) in [6.07, 6.45) is 1.47. The van der Waals surface area contributed by atoms with Gasteiger partial charge in [-0.3, -0.25) is 0 Å². The molecule has 1 atom stereocenters. The second-order valence-corrected chi connectivity index (χ2v) is 7.14. The van der Waals surface area contributed by atoms with Gasteiger partial charge in [-0.1, -0.05) is 0 Å². The molecule has 0 spiro atoms. The first kappa shape index (κ1) is 13.5. The third-order valence-corrected chi connectivity index (χ3v) is 5.97. The van der Waals surface area contributed by atoms with Crippen LogP contribution in [0.25, 0.3) is 10.8 Å². The highest BCUT2D eigenvalue weighted by atomic mass is 35.5. The topological polar surface area (TPSA) is 65.5 Å². The Labute approximate surface area is 121 Å². The van der Waals surface area contributed by atoms with Gasteiger partial charge in [0.15, 0.2) is 26.4 Å². The molecule has 1 aliphatic rings. The lowest BCUT2D eigenvalue weighted by molar-refractivity contribution is 0.174. The molecule has 20 heavy (non-hydrogen) atoms. The molecule has 0 N–H and O–H groups in total. The van der Waals surface area contributed by atoms with Crippen LogP contribution in [0.4, 0.5) is 0 Å². The van der Waals surface area contributed by atoms with Crippen LogP contribution in [0.3, 0.4) is 0 Å². The smallest absolute Gasteiger partial charge is 0.231 e. The van der Waals surface area contributed by atoms with Crippen LogP contribution in [-0.2, 0) is 9.84 Å². The molecule has 0 bridgehead atoms. The molecule has 2 heterocycles. The Bertz CT molecular complexity index is 775. The third kappa shape index (κ3) is 1.99. The number of ether oxygens (including phenoxy) is 2. The summed E-state index contributed by atoms with van der Waals surface area (Å²) in [6, 6.07) is 5.14. The zero-order chi connectivity index (χ0) is 14.3. The summed E-state index contributed by atoms with van der Waals surface area (Å²) in [5.74, 6) is 1.16. The van der Waals surface area contributed by atoms with Crippen molar-refractivity contribution in [2.45, 2.75) is 17.2 Å². The summed E-state index contributed by atoms with van der Waals surface area (Å²) < 4.78 is 35.5. The summed E-state index contributed by atoms with van der Waals surface area (Å²) in [6.45, 7) is 1.70. The Morgan fingerprint density at radius 3 is 2.75 bits per heavy atom. The van der Waals surface area contributed by atoms with Gasteiger partial charge in [0, 0.05) is 17.5 Å². The van der Waals surface area contributed by atoms with Crippen LogP contribution in [0.2, 0.25) is 0 Å². The Morgan fingerprint density at radius 1 is 1.35 bits per heavy atom. The molecule has 2 aromatic rings. The van der Waals surface area contributed by atoms with Gasteiger partial charge in [-0.15, -0.1) is 11.6 Å². The van der Waals surface area contributed by atoms with E-state index < -0.39 is 15.1 Å². The SMILES string of the molecule is CC(CCl)S(=O)(=O)c1nccc2cc3c(cc12)OCO3. The van der Waals surface area contributed by atoms with E-state index in [0.29, 0.717) is 16.9 Å². The summed E-state index contributed by atoms with van der Waals surface area (Å²) in [7, 11) is -3.57. The molecule has 0 radical (unpaired) electrons. The molecule has 0 saturated carbocycles. The van der Waals surface area contributed by atoms with Gasteiger partial charge in [-0.25, -0.2) is 13.4 Å². The van der Waals surface area contributed by atoms with E-state index in [9.17, 15) is 8.42 Å². The molecular formula is C13H12ClNO4S. The number of hydrogen-bond acceptors (Lipinski definition) is 5. The number of pyridine rings is 1. The number of hydrogen-bond donors (Lipinski definition) is 0. The lowest BCUT2D eigenvalue weighted by Gasteiger charge is -2.11. The highest BCUT2D eigenvalue weighted by Crippen LogP contribution is 2.38. The molecule has 5 nitrogen and oxygen atoms in total. The molecule has 7 heteroatoms. The molecule has 1 aromatic carbocycles. The molecule has 1 unspecified atom stereocenters.